The fourth-order valence-electron chi connectivity index (χ4n) is 0.677. The SMILES string of the molecule is C[C]1COC(C)(C)OC1. The van der Waals surface area contributed by atoms with Gasteiger partial charge in [0.2, 0.25) is 0 Å². The molecule has 0 bridgehead atoms. The molecule has 0 unspecified atom stereocenters. The first kappa shape index (κ1) is 7.03. The molecule has 9 heavy (non-hydrogen) atoms. The van der Waals surface area contributed by atoms with Crippen molar-refractivity contribution >= 4 is 0 Å². The van der Waals surface area contributed by atoms with Gasteiger partial charge in [-0.3, -0.25) is 0 Å². The van der Waals surface area contributed by atoms with E-state index < -0.39 is 0 Å². The molecular weight excluding hydrogens is 116 g/mol. The van der Waals surface area contributed by atoms with Gasteiger partial charge in [0.05, 0.1) is 13.2 Å². The molecule has 1 radical (unpaired) electrons. The van der Waals surface area contributed by atoms with Crippen LogP contribution in [0.2, 0.25) is 0 Å². The van der Waals surface area contributed by atoms with Crippen LogP contribution in [0.1, 0.15) is 20.8 Å². The van der Waals surface area contributed by atoms with Crippen LogP contribution in [-0.4, -0.2) is 19.0 Å². The molecule has 2 heteroatoms. The molecule has 0 N–H and O–H groups in total. The minimum Gasteiger partial charge on any atom is -0.350 e. The maximum atomic E-state index is 5.32. The van der Waals surface area contributed by atoms with Crippen LogP contribution in [0.5, 0.6) is 0 Å². The normalized spacial score (nSPS) is 28.3. The van der Waals surface area contributed by atoms with E-state index in [1.54, 1.807) is 0 Å². The van der Waals surface area contributed by atoms with Crippen molar-refractivity contribution in [2.24, 2.45) is 0 Å². The molecule has 1 heterocycles. The minimum atomic E-state index is -0.362. The molecule has 0 aliphatic carbocycles. The van der Waals surface area contributed by atoms with Crippen LogP contribution in [0.3, 0.4) is 0 Å². The zero-order valence-electron chi connectivity index (χ0n) is 6.23. The van der Waals surface area contributed by atoms with Crippen molar-refractivity contribution in [2.45, 2.75) is 26.6 Å². The van der Waals surface area contributed by atoms with E-state index in [-0.39, 0.29) is 5.79 Å². The highest BCUT2D eigenvalue weighted by molar-refractivity contribution is 4.87. The zero-order chi connectivity index (χ0) is 6.91. The van der Waals surface area contributed by atoms with E-state index >= 15 is 0 Å². The average molecular weight is 129 g/mol. The molecule has 0 spiro atoms. The largest absolute Gasteiger partial charge is 0.350 e. The lowest BCUT2D eigenvalue weighted by Crippen LogP contribution is -2.37. The van der Waals surface area contributed by atoms with Crippen LogP contribution in [-0.2, 0) is 9.47 Å². The summed E-state index contributed by atoms with van der Waals surface area (Å²) in [6.07, 6.45) is 0. The van der Waals surface area contributed by atoms with Gasteiger partial charge in [0.15, 0.2) is 5.79 Å². The number of hydrogen-bond acceptors (Lipinski definition) is 2. The third-order valence-corrected chi connectivity index (χ3v) is 1.33. The minimum absolute atomic E-state index is 0.362. The van der Waals surface area contributed by atoms with Gasteiger partial charge >= 0.3 is 0 Å². The number of rotatable bonds is 0. The molecule has 53 valence electrons. The fourth-order valence-corrected chi connectivity index (χ4v) is 0.677. The van der Waals surface area contributed by atoms with Gasteiger partial charge in [-0.25, -0.2) is 0 Å². The summed E-state index contributed by atoms with van der Waals surface area (Å²) in [6.45, 7) is 7.38. The molecule has 2 nitrogen and oxygen atoms in total. The molecule has 0 aromatic heterocycles. The monoisotopic (exact) mass is 129 g/mol. The first-order valence-electron chi connectivity index (χ1n) is 3.19. The van der Waals surface area contributed by atoms with Gasteiger partial charge in [-0.05, 0) is 13.8 Å². The Kier molecular flexibility index (Phi) is 1.78. The number of hydrogen-bond donors (Lipinski definition) is 0. The summed E-state index contributed by atoms with van der Waals surface area (Å²) in [6, 6.07) is 0. The third kappa shape index (κ3) is 1.95. The highest BCUT2D eigenvalue weighted by Crippen LogP contribution is 2.20. The Hall–Kier alpha value is -0.0800. The Labute approximate surface area is 56.2 Å². The maximum Gasteiger partial charge on any atom is 0.162 e. The van der Waals surface area contributed by atoms with Crippen LogP contribution in [0, 0.1) is 5.92 Å². The van der Waals surface area contributed by atoms with Crippen molar-refractivity contribution in [3.8, 4) is 0 Å². The summed E-state index contributed by atoms with van der Waals surface area (Å²) in [5, 5.41) is 0. The van der Waals surface area contributed by atoms with Gasteiger partial charge < -0.3 is 9.47 Å². The summed E-state index contributed by atoms with van der Waals surface area (Å²) in [4.78, 5) is 0. The number of ether oxygens (including phenoxy) is 2. The molecule has 1 fully saturated rings. The standard InChI is InChI=1S/C7H13O2/c1-6-4-8-7(2,3)9-5-6/h4-5H2,1-3H3. The summed E-state index contributed by atoms with van der Waals surface area (Å²) in [7, 11) is 0. The fraction of sp³-hybridized carbons (Fsp3) is 0.857. The van der Waals surface area contributed by atoms with Crippen LogP contribution in [0.4, 0.5) is 0 Å². The van der Waals surface area contributed by atoms with Gasteiger partial charge in [-0.15, -0.1) is 0 Å². The second kappa shape index (κ2) is 2.27. The van der Waals surface area contributed by atoms with E-state index in [0.29, 0.717) is 0 Å². The van der Waals surface area contributed by atoms with Crippen molar-refractivity contribution in [1.29, 1.82) is 0 Å². The van der Waals surface area contributed by atoms with Crippen molar-refractivity contribution < 1.29 is 9.47 Å². The van der Waals surface area contributed by atoms with Crippen LogP contribution >= 0.6 is 0 Å². The van der Waals surface area contributed by atoms with E-state index in [9.17, 15) is 0 Å². The van der Waals surface area contributed by atoms with Crippen molar-refractivity contribution in [2.75, 3.05) is 13.2 Å². The molecule has 0 amide bonds. The molecule has 0 atom stereocenters. The lowest BCUT2D eigenvalue weighted by atomic mass is 10.2. The Bertz CT molecular complexity index is 89.1. The Morgan fingerprint density at radius 2 is 1.67 bits per heavy atom. The van der Waals surface area contributed by atoms with E-state index in [4.69, 9.17) is 9.47 Å². The summed E-state index contributed by atoms with van der Waals surface area (Å²) in [5.41, 5.74) is 0. The highest BCUT2D eigenvalue weighted by atomic mass is 16.7. The van der Waals surface area contributed by atoms with Crippen LogP contribution < -0.4 is 0 Å². The molecule has 1 aliphatic heterocycles. The van der Waals surface area contributed by atoms with E-state index in [2.05, 4.69) is 0 Å². The molecule has 0 aromatic rings. The van der Waals surface area contributed by atoms with E-state index in [0.717, 1.165) is 13.2 Å². The first-order chi connectivity index (χ1) is 4.10. The van der Waals surface area contributed by atoms with Crippen molar-refractivity contribution in [3.63, 3.8) is 0 Å². The van der Waals surface area contributed by atoms with Gasteiger partial charge in [-0.2, -0.15) is 0 Å². The predicted octanol–water partition coefficient (Wildman–Crippen LogP) is 1.36. The van der Waals surface area contributed by atoms with Crippen LogP contribution in [0.25, 0.3) is 0 Å². The van der Waals surface area contributed by atoms with Crippen molar-refractivity contribution in [1.82, 2.24) is 0 Å². The second-order valence-corrected chi connectivity index (χ2v) is 2.93. The predicted molar refractivity (Wildman–Crippen MR) is 34.9 cm³/mol. The molecule has 1 rings (SSSR count). The highest BCUT2D eigenvalue weighted by Gasteiger charge is 2.25. The second-order valence-electron chi connectivity index (χ2n) is 2.93. The Balaban J connectivity index is 2.35. The molecule has 0 aromatic carbocycles. The lowest BCUT2D eigenvalue weighted by Gasteiger charge is -2.33. The Morgan fingerprint density at radius 3 is 2.00 bits per heavy atom. The van der Waals surface area contributed by atoms with Crippen LogP contribution in [0.15, 0.2) is 0 Å². The van der Waals surface area contributed by atoms with Crippen molar-refractivity contribution in [3.05, 3.63) is 5.92 Å². The van der Waals surface area contributed by atoms with Gasteiger partial charge in [-0.1, -0.05) is 6.92 Å². The molecule has 1 aliphatic rings. The molecule has 1 saturated heterocycles. The average Bonchev–Trinajstić information content (AvgIpc) is 1.78. The Morgan fingerprint density at radius 1 is 1.22 bits per heavy atom. The molecular formula is C7H13O2. The maximum absolute atomic E-state index is 5.32. The summed E-state index contributed by atoms with van der Waals surface area (Å²) < 4.78 is 10.6. The van der Waals surface area contributed by atoms with Gasteiger partial charge in [0, 0.05) is 5.92 Å². The first-order valence-corrected chi connectivity index (χ1v) is 3.19. The van der Waals surface area contributed by atoms with Gasteiger partial charge in [0.25, 0.3) is 0 Å². The summed E-state index contributed by atoms with van der Waals surface area (Å²) >= 11 is 0. The molecule has 0 saturated carbocycles. The van der Waals surface area contributed by atoms with E-state index in [1.165, 1.54) is 5.92 Å². The lowest BCUT2D eigenvalue weighted by molar-refractivity contribution is -0.234. The summed E-state index contributed by atoms with van der Waals surface area (Å²) in [5.74, 6) is 0.897. The quantitative estimate of drug-likeness (QED) is 0.491. The smallest absolute Gasteiger partial charge is 0.162 e. The topological polar surface area (TPSA) is 18.5 Å². The third-order valence-electron chi connectivity index (χ3n) is 1.33. The zero-order valence-corrected chi connectivity index (χ0v) is 6.23. The van der Waals surface area contributed by atoms with E-state index in [1.807, 2.05) is 20.8 Å². The van der Waals surface area contributed by atoms with Gasteiger partial charge in [0.1, 0.15) is 0 Å².